The van der Waals surface area contributed by atoms with Crippen molar-refractivity contribution >= 4 is 17.3 Å². The van der Waals surface area contributed by atoms with Crippen LogP contribution in [0.5, 0.6) is 5.75 Å². The van der Waals surface area contributed by atoms with E-state index in [4.69, 9.17) is 14.7 Å². The van der Waals surface area contributed by atoms with Gasteiger partial charge >= 0.3 is 0 Å². The predicted octanol–water partition coefficient (Wildman–Crippen LogP) is 2.35. The number of carbonyl (C=O) groups is 1. The van der Waals surface area contributed by atoms with Gasteiger partial charge in [0.2, 0.25) is 0 Å². The molecular weight excluding hydrogens is 370 g/mol. The largest absolute Gasteiger partial charge is 0.489 e. The number of hydrogen-bond acceptors (Lipinski definition) is 6. The first-order chi connectivity index (χ1) is 14.1. The number of nitrogens with zero attached hydrogens (tertiary/aromatic N) is 3. The number of aliphatic hydroxyl groups excluding tert-OH is 1. The van der Waals surface area contributed by atoms with Gasteiger partial charge in [-0.2, -0.15) is 5.10 Å². The van der Waals surface area contributed by atoms with Crippen molar-refractivity contribution in [2.75, 3.05) is 32.4 Å². The summed E-state index contributed by atoms with van der Waals surface area (Å²) in [5.74, 6) is 0.437. The Balaban J connectivity index is 1.91. The Hall–Kier alpha value is -2.90. The number of aliphatic hydroxyl groups is 1. The molecule has 2 aliphatic heterocycles. The molecule has 7 heteroatoms. The van der Waals surface area contributed by atoms with E-state index >= 15 is 0 Å². The second kappa shape index (κ2) is 7.85. The number of hydrogen-bond donors (Lipinski definition) is 1. The fourth-order valence-electron chi connectivity index (χ4n) is 4.32. The zero-order valence-corrected chi connectivity index (χ0v) is 16.6. The summed E-state index contributed by atoms with van der Waals surface area (Å²) < 4.78 is 6.08. The molecule has 2 heterocycles. The number of para-hydroxylation sites is 2. The van der Waals surface area contributed by atoms with Crippen molar-refractivity contribution in [3.05, 3.63) is 60.2 Å². The van der Waals surface area contributed by atoms with Crippen LogP contribution in [-0.2, 0) is 15.0 Å². The Morgan fingerprint density at radius 2 is 2.00 bits per heavy atom. The molecule has 2 aromatic rings. The number of amides is 1. The summed E-state index contributed by atoms with van der Waals surface area (Å²) in [5.41, 5.74) is 1.46. The fourth-order valence-corrected chi connectivity index (χ4v) is 4.32. The number of carbonyl (C=O) groups excluding carboxylic acids is 1. The van der Waals surface area contributed by atoms with Crippen molar-refractivity contribution in [1.82, 2.24) is 5.06 Å². The van der Waals surface area contributed by atoms with E-state index in [9.17, 15) is 9.90 Å². The van der Waals surface area contributed by atoms with Gasteiger partial charge in [0.1, 0.15) is 29.8 Å². The molecule has 2 aliphatic rings. The molecule has 0 radical (unpaired) electrons. The van der Waals surface area contributed by atoms with E-state index in [1.807, 2.05) is 59.6 Å². The zero-order chi connectivity index (χ0) is 20.4. The first-order valence-corrected chi connectivity index (χ1v) is 9.72. The number of hydrazone groups is 1. The van der Waals surface area contributed by atoms with Crippen molar-refractivity contribution < 1.29 is 19.5 Å². The second-order valence-electron chi connectivity index (χ2n) is 7.24. The third-order valence-electron chi connectivity index (χ3n) is 5.78. The Morgan fingerprint density at radius 1 is 1.28 bits per heavy atom. The normalized spacial score (nSPS) is 22.4. The first kappa shape index (κ1) is 19.4. The quantitative estimate of drug-likeness (QED) is 0.760. The summed E-state index contributed by atoms with van der Waals surface area (Å²) in [6, 6.07) is 17.4. The average Bonchev–Trinajstić information content (AvgIpc) is 3.12. The molecular formula is C22H25N3O4. The smallest absolute Gasteiger partial charge is 0.294 e. The average molecular weight is 395 g/mol. The van der Waals surface area contributed by atoms with Crippen molar-refractivity contribution in [3.8, 4) is 5.75 Å². The highest BCUT2D eigenvalue weighted by Gasteiger charge is 2.57. The molecule has 1 amide bonds. The maximum atomic E-state index is 13.3. The molecule has 152 valence electrons. The number of benzene rings is 2. The molecule has 0 aromatic heterocycles. The number of ether oxygens (including phenoxy) is 1. The molecule has 0 unspecified atom stereocenters. The number of hydroxylamine groups is 2. The molecule has 0 fully saturated rings. The molecule has 7 nitrogen and oxygen atoms in total. The van der Waals surface area contributed by atoms with E-state index in [1.54, 1.807) is 7.05 Å². The van der Waals surface area contributed by atoms with Crippen LogP contribution in [-0.4, -0.2) is 55.2 Å². The van der Waals surface area contributed by atoms with E-state index < -0.39 is 5.41 Å². The van der Waals surface area contributed by atoms with Gasteiger partial charge in [0, 0.05) is 13.7 Å². The van der Waals surface area contributed by atoms with Crippen LogP contribution < -0.4 is 9.75 Å². The van der Waals surface area contributed by atoms with E-state index in [0.29, 0.717) is 25.2 Å². The van der Waals surface area contributed by atoms with Crippen LogP contribution in [0.4, 0.5) is 5.69 Å². The Labute approximate surface area is 170 Å². The zero-order valence-electron chi connectivity index (χ0n) is 16.6. The predicted molar refractivity (Wildman–Crippen MR) is 110 cm³/mol. The summed E-state index contributed by atoms with van der Waals surface area (Å²) in [6.07, 6.45) is 1.09. The van der Waals surface area contributed by atoms with Gasteiger partial charge in [-0.1, -0.05) is 42.5 Å². The van der Waals surface area contributed by atoms with Crippen LogP contribution in [0.1, 0.15) is 18.4 Å². The standard InChI is InChI=1S/C22H25N3O4/c1-24(28-2)21(27)20-22(13-8-14-26,16-9-4-3-5-10-16)19-15-29-18-12-7-6-11-17(18)25(19)23-20/h3-7,9-12,19,26H,8,13-15H2,1-2H3/t19-,22+/m0/s1. The van der Waals surface area contributed by atoms with Gasteiger partial charge in [0.05, 0.1) is 12.5 Å². The lowest BCUT2D eigenvalue weighted by Crippen LogP contribution is -2.55. The van der Waals surface area contributed by atoms with Crippen molar-refractivity contribution in [1.29, 1.82) is 0 Å². The number of rotatable bonds is 6. The van der Waals surface area contributed by atoms with Crippen LogP contribution in [0.3, 0.4) is 0 Å². The van der Waals surface area contributed by atoms with E-state index in [0.717, 1.165) is 17.0 Å². The minimum Gasteiger partial charge on any atom is -0.489 e. The van der Waals surface area contributed by atoms with Gasteiger partial charge in [-0.25, -0.2) is 5.06 Å². The molecule has 0 bridgehead atoms. The van der Waals surface area contributed by atoms with Gasteiger partial charge in [0.15, 0.2) is 0 Å². The molecule has 0 aliphatic carbocycles. The highest BCUT2D eigenvalue weighted by atomic mass is 16.7. The Bertz CT molecular complexity index is 917. The molecule has 2 atom stereocenters. The van der Waals surface area contributed by atoms with Crippen molar-refractivity contribution in [2.24, 2.45) is 5.10 Å². The van der Waals surface area contributed by atoms with Crippen LogP contribution in [0.25, 0.3) is 0 Å². The van der Waals surface area contributed by atoms with Gasteiger partial charge in [0.25, 0.3) is 5.91 Å². The maximum absolute atomic E-state index is 13.3. The van der Waals surface area contributed by atoms with Crippen molar-refractivity contribution in [2.45, 2.75) is 24.3 Å². The van der Waals surface area contributed by atoms with E-state index in [1.165, 1.54) is 12.2 Å². The molecule has 0 saturated carbocycles. The molecule has 0 saturated heterocycles. The van der Waals surface area contributed by atoms with E-state index in [2.05, 4.69) is 0 Å². The lowest BCUT2D eigenvalue weighted by atomic mass is 9.67. The first-order valence-electron chi connectivity index (χ1n) is 9.72. The molecule has 29 heavy (non-hydrogen) atoms. The van der Waals surface area contributed by atoms with E-state index in [-0.39, 0.29) is 18.6 Å². The van der Waals surface area contributed by atoms with Crippen LogP contribution in [0.2, 0.25) is 0 Å². The summed E-state index contributed by atoms with van der Waals surface area (Å²) in [4.78, 5) is 18.5. The summed E-state index contributed by atoms with van der Waals surface area (Å²) in [5, 5.41) is 17.5. The SMILES string of the molecule is CON(C)C(=O)C1=NN2c3ccccc3OC[C@H]2[C@@]1(CCCO)c1ccccc1. The fraction of sp³-hybridized carbons (Fsp3) is 0.364. The van der Waals surface area contributed by atoms with Gasteiger partial charge < -0.3 is 9.84 Å². The number of anilines is 1. The summed E-state index contributed by atoms with van der Waals surface area (Å²) in [7, 11) is 3.03. The molecule has 2 aromatic carbocycles. The van der Waals surface area contributed by atoms with Crippen LogP contribution in [0, 0.1) is 0 Å². The monoisotopic (exact) mass is 395 g/mol. The van der Waals surface area contributed by atoms with Gasteiger partial charge in [-0.3, -0.25) is 14.6 Å². The third-order valence-corrected chi connectivity index (χ3v) is 5.78. The highest BCUT2D eigenvalue weighted by molar-refractivity contribution is 6.43. The lowest BCUT2D eigenvalue weighted by Gasteiger charge is -2.41. The van der Waals surface area contributed by atoms with Crippen LogP contribution in [0.15, 0.2) is 59.7 Å². The van der Waals surface area contributed by atoms with Gasteiger partial charge in [-0.15, -0.1) is 0 Å². The Kier molecular flexibility index (Phi) is 5.25. The molecule has 0 spiro atoms. The maximum Gasteiger partial charge on any atom is 0.294 e. The third kappa shape index (κ3) is 3.07. The minimum absolute atomic E-state index is 0.0281. The van der Waals surface area contributed by atoms with Crippen LogP contribution >= 0.6 is 0 Å². The lowest BCUT2D eigenvalue weighted by molar-refractivity contribution is -0.160. The highest BCUT2D eigenvalue weighted by Crippen LogP contribution is 2.48. The summed E-state index contributed by atoms with van der Waals surface area (Å²) in [6.45, 7) is 0.411. The minimum atomic E-state index is -0.735. The summed E-state index contributed by atoms with van der Waals surface area (Å²) >= 11 is 0. The number of fused-ring (bicyclic) bond motifs is 3. The topological polar surface area (TPSA) is 74.6 Å². The van der Waals surface area contributed by atoms with Gasteiger partial charge in [-0.05, 0) is 30.5 Å². The van der Waals surface area contributed by atoms with Crippen molar-refractivity contribution in [3.63, 3.8) is 0 Å². The molecule has 1 N–H and O–H groups in total. The molecule has 4 rings (SSSR count). The Morgan fingerprint density at radius 3 is 2.72 bits per heavy atom. The second-order valence-corrected chi connectivity index (χ2v) is 7.24.